The van der Waals surface area contributed by atoms with Crippen molar-refractivity contribution in [3.05, 3.63) is 17.7 Å². The number of carbonyl (C=O) groups is 2. The van der Waals surface area contributed by atoms with Crippen LogP contribution in [-0.2, 0) is 11.5 Å². The summed E-state index contributed by atoms with van der Waals surface area (Å²) in [4.78, 5) is 25.6. The van der Waals surface area contributed by atoms with Gasteiger partial charge in [-0.3, -0.25) is 4.79 Å². The SMILES string of the molecule is C[Si](C)(C)CCOCn1cc(C(=O)O)nc1C(N)=O. The van der Waals surface area contributed by atoms with Crippen LogP contribution in [0, 0.1) is 0 Å². The zero-order valence-corrected chi connectivity index (χ0v) is 12.3. The summed E-state index contributed by atoms with van der Waals surface area (Å²) < 4.78 is 6.75. The lowest BCUT2D eigenvalue weighted by Gasteiger charge is -2.15. The number of hydrogen-bond acceptors (Lipinski definition) is 4. The molecule has 8 heteroatoms. The Kier molecular flexibility index (Phi) is 4.84. The fraction of sp³-hybridized carbons (Fsp3) is 0.545. The Hall–Kier alpha value is -1.67. The molecule has 0 aliphatic rings. The lowest BCUT2D eigenvalue weighted by atomic mass is 10.5. The van der Waals surface area contributed by atoms with Crippen LogP contribution in [-0.4, -0.2) is 41.2 Å². The number of carboxylic acids is 1. The number of imidazole rings is 1. The van der Waals surface area contributed by atoms with E-state index in [2.05, 4.69) is 24.6 Å². The number of nitrogens with zero attached hydrogens (tertiary/aromatic N) is 2. The van der Waals surface area contributed by atoms with Crippen LogP contribution < -0.4 is 5.73 Å². The van der Waals surface area contributed by atoms with E-state index in [1.54, 1.807) is 0 Å². The van der Waals surface area contributed by atoms with Gasteiger partial charge in [0.05, 0.1) is 0 Å². The second-order valence-corrected chi connectivity index (χ2v) is 11.1. The molecule has 0 saturated heterocycles. The molecule has 0 bridgehead atoms. The second-order valence-electron chi connectivity index (χ2n) is 5.44. The molecule has 7 nitrogen and oxygen atoms in total. The van der Waals surface area contributed by atoms with Gasteiger partial charge in [0.2, 0.25) is 5.82 Å². The first-order valence-corrected chi connectivity index (χ1v) is 9.59. The molecule has 0 atom stereocenters. The summed E-state index contributed by atoms with van der Waals surface area (Å²) >= 11 is 0. The number of aromatic nitrogens is 2. The van der Waals surface area contributed by atoms with Gasteiger partial charge in [0, 0.05) is 20.9 Å². The molecule has 1 aromatic rings. The number of rotatable bonds is 7. The number of amides is 1. The average Bonchev–Trinajstić information content (AvgIpc) is 2.67. The first-order valence-electron chi connectivity index (χ1n) is 5.89. The fourth-order valence-corrected chi connectivity index (χ4v) is 2.11. The van der Waals surface area contributed by atoms with Gasteiger partial charge >= 0.3 is 5.97 Å². The van der Waals surface area contributed by atoms with Crippen molar-refractivity contribution in [3.63, 3.8) is 0 Å². The standard InChI is InChI=1S/C11H19N3O4Si/c1-19(2,3)5-4-18-7-14-6-8(11(16)17)13-10(14)9(12)15/h6H,4-5,7H2,1-3H3,(H2,12,15)(H,16,17). The van der Waals surface area contributed by atoms with Gasteiger partial charge in [-0.1, -0.05) is 19.6 Å². The Morgan fingerprint density at radius 3 is 2.58 bits per heavy atom. The van der Waals surface area contributed by atoms with Crippen molar-refractivity contribution in [2.45, 2.75) is 32.4 Å². The van der Waals surface area contributed by atoms with Crippen molar-refractivity contribution in [2.24, 2.45) is 5.73 Å². The summed E-state index contributed by atoms with van der Waals surface area (Å²) in [5, 5.41) is 8.82. The molecule has 0 unspecified atom stereocenters. The average molecular weight is 285 g/mol. The van der Waals surface area contributed by atoms with Gasteiger partial charge in [-0.2, -0.15) is 0 Å². The molecule has 3 N–H and O–H groups in total. The molecule has 0 radical (unpaired) electrons. The number of primary amides is 1. The summed E-state index contributed by atoms with van der Waals surface area (Å²) in [5.74, 6) is -2.09. The van der Waals surface area contributed by atoms with Crippen LogP contribution in [0.1, 0.15) is 21.1 Å². The summed E-state index contributed by atoms with van der Waals surface area (Å²) in [6.07, 6.45) is 1.25. The molecule has 1 rings (SSSR count). The molecule has 0 fully saturated rings. The van der Waals surface area contributed by atoms with Crippen LogP contribution in [0.15, 0.2) is 6.20 Å². The highest BCUT2D eigenvalue weighted by Gasteiger charge is 2.17. The molecule has 1 aromatic heterocycles. The Morgan fingerprint density at radius 1 is 1.47 bits per heavy atom. The Labute approximate surface area is 112 Å². The number of nitrogens with two attached hydrogens (primary N) is 1. The predicted molar refractivity (Wildman–Crippen MR) is 71.8 cm³/mol. The van der Waals surface area contributed by atoms with Crippen molar-refractivity contribution in [1.29, 1.82) is 0 Å². The maximum absolute atomic E-state index is 11.1. The highest BCUT2D eigenvalue weighted by molar-refractivity contribution is 6.76. The minimum atomic E-state index is -1.21. The zero-order chi connectivity index (χ0) is 14.6. The second kappa shape index (κ2) is 5.98. The largest absolute Gasteiger partial charge is 0.476 e. The number of hydrogen-bond donors (Lipinski definition) is 2. The molecular weight excluding hydrogens is 266 g/mol. The van der Waals surface area contributed by atoms with Gasteiger partial charge in [0.25, 0.3) is 5.91 Å². The Bertz CT molecular complexity index is 479. The first kappa shape index (κ1) is 15.4. The molecular formula is C11H19N3O4Si. The number of aromatic carboxylic acids is 1. The molecule has 1 amide bonds. The lowest BCUT2D eigenvalue weighted by Crippen LogP contribution is -2.23. The van der Waals surface area contributed by atoms with Crippen molar-refractivity contribution in [2.75, 3.05) is 6.61 Å². The molecule has 0 saturated carbocycles. The highest BCUT2D eigenvalue weighted by atomic mass is 28.3. The van der Waals surface area contributed by atoms with E-state index in [4.69, 9.17) is 15.6 Å². The fourth-order valence-electron chi connectivity index (χ4n) is 1.36. The van der Waals surface area contributed by atoms with E-state index in [9.17, 15) is 9.59 Å². The normalized spacial score (nSPS) is 11.5. The molecule has 1 heterocycles. The van der Waals surface area contributed by atoms with E-state index in [1.807, 2.05) is 0 Å². The Balaban J connectivity index is 2.67. The first-order chi connectivity index (χ1) is 8.70. The summed E-state index contributed by atoms with van der Waals surface area (Å²) in [5.41, 5.74) is 4.92. The van der Waals surface area contributed by atoms with Crippen molar-refractivity contribution in [3.8, 4) is 0 Å². The summed E-state index contributed by atoms with van der Waals surface area (Å²) in [7, 11) is -1.18. The number of ether oxygens (including phenoxy) is 1. The third-order valence-electron chi connectivity index (χ3n) is 2.44. The van der Waals surface area contributed by atoms with Gasteiger partial charge in [-0.25, -0.2) is 9.78 Å². The van der Waals surface area contributed by atoms with E-state index in [0.717, 1.165) is 6.04 Å². The number of carboxylic acid groups (broad SMARTS) is 1. The molecule has 0 aliphatic carbocycles. The van der Waals surface area contributed by atoms with Gasteiger partial charge in [-0.05, 0) is 6.04 Å². The monoisotopic (exact) mass is 285 g/mol. The maximum Gasteiger partial charge on any atom is 0.356 e. The highest BCUT2D eigenvalue weighted by Crippen LogP contribution is 2.09. The van der Waals surface area contributed by atoms with E-state index in [-0.39, 0.29) is 18.2 Å². The molecule has 0 spiro atoms. The smallest absolute Gasteiger partial charge is 0.356 e. The molecule has 19 heavy (non-hydrogen) atoms. The van der Waals surface area contributed by atoms with Crippen LogP contribution in [0.3, 0.4) is 0 Å². The molecule has 0 aliphatic heterocycles. The Morgan fingerprint density at radius 2 is 2.11 bits per heavy atom. The number of carbonyl (C=O) groups excluding carboxylic acids is 1. The van der Waals surface area contributed by atoms with Gasteiger partial charge in [-0.15, -0.1) is 0 Å². The van der Waals surface area contributed by atoms with E-state index in [0.29, 0.717) is 6.61 Å². The minimum absolute atomic E-state index is 0.0725. The summed E-state index contributed by atoms with van der Waals surface area (Å²) in [6.45, 7) is 7.32. The van der Waals surface area contributed by atoms with Crippen LogP contribution in [0.25, 0.3) is 0 Å². The van der Waals surface area contributed by atoms with Crippen LogP contribution in [0.2, 0.25) is 25.7 Å². The lowest BCUT2D eigenvalue weighted by molar-refractivity contribution is 0.0689. The van der Waals surface area contributed by atoms with Gasteiger partial charge < -0.3 is 20.1 Å². The predicted octanol–water partition coefficient (Wildman–Crippen LogP) is 0.992. The van der Waals surface area contributed by atoms with Crippen molar-refractivity contribution >= 4 is 20.0 Å². The molecule has 106 valence electrons. The quantitative estimate of drug-likeness (QED) is 0.574. The zero-order valence-electron chi connectivity index (χ0n) is 11.3. The van der Waals surface area contributed by atoms with Crippen molar-refractivity contribution in [1.82, 2.24) is 9.55 Å². The van der Waals surface area contributed by atoms with Crippen LogP contribution >= 0.6 is 0 Å². The van der Waals surface area contributed by atoms with Crippen molar-refractivity contribution < 1.29 is 19.4 Å². The van der Waals surface area contributed by atoms with Crippen LogP contribution in [0.4, 0.5) is 0 Å². The van der Waals surface area contributed by atoms with E-state index in [1.165, 1.54) is 10.8 Å². The molecule has 0 aromatic carbocycles. The minimum Gasteiger partial charge on any atom is -0.476 e. The third kappa shape index (κ3) is 4.84. The van der Waals surface area contributed by atoms with Gasteiger partial charge in [0.15, 0.2) is 5.69 Å². The van der Waals surface area contributed by atoms with E-state index >= 15 is 0 Å². The van der Waals surface area contributed by atoms with Crippen LogP contribution in [0.5, 0.6) is 0 Å². The van der Waals surface area contributed by atoms with Gasteiger partial charge in [0.1, 0.15) is 6.73 Å². The maximum atomic E-state index is 11.1. The van der Waals surface area contributed by atoms with E-state index < -0.39 is 20.0 Å². The third-order valence-corrected chi connectivity index (χ3v) is 4.15. The summed E-state index contributed by atoms with van der Waals surface area (Å²) in [6, 6.07) is 0.986. The topological polar surface area (TPSA) is 107 Å².